The van der Waals surface area contributed by atoms with Crippen molar-refractivity contribution in [1.82, 2.24) is 5.43 Å². The van der Waals surface area contributed by atoms with Crippen LogP contribution in [0.1, 0.15) is 38.8 Å². The normalized spacial score (nSPS) is 11.1. The van der Waals surface area contributed by atoms with Crippen LogP contribution in [0.15, 0.2) is 71.8 Å². The topological polar surface area (TPSA) is 111 Å². The Bertz CT molecular complexity index is 1120. The van der Waals surface area contributed by atoms with E-state index in [4.69, 9.17) is 0 Å². The first kappa shape index (κ1) is 20.6. The second kappa shape index (κ2) is 8.91. The maximum atomic E-state index is 12.3. The van der Waals surface area contributed by atoms with Gasteiger partial charge in [0.1, 0.15) is 11.5 Å². The van der Waals surface area contributed by atoms with Gasteiger partial charge in [-0.25, -0.2) is 5.43 Å². The fourth-order valence-electron chi connectivity index (χ4n) is 2.78. The molecule has 0 aromatic heterocycles. The number of hydrogen-bond acceptors (Lipinski definition) is 5. The van der Waals surface area contributed by atoms with Crippen LogP contribution in [-0.2, 0) is 0 Å². The summed E-state index contributed by atoms with van der Waals surface area (Å²) in [4.78, 5) is 24.6. The second-order valence-electron chi connectivity index (χ2n) is 6.74. The molecule has 3 rings (SSSR count). The minimum absolute atomic E-state index is 0.0670. The van der Waals surface area contributed by atoms with E-state index < -0.39 is 5.91 Å². The van der Waals surface area contributed by atoms with Gasteiger partial charge in [-0.15, -0.1) is 0 Å². The number of amides is 2. The second-order valence-corrected chi connectivity index (χ2v) is 6.74. The Morgan fingerprint density at radius 2 is 1.60 bits per heavy atom. The number of anilines is 1. The van der Waals surface area contributed by atoms with Gasteiger partial charge in [0.25, 0.3) is 11.8 Å². The van der Waals surface area contributed by atoms with Gasteiger partial charge in [-0.1, -0.05) is 17.7 Å². The van der Waals surface area contributed by atoms with Crippen LogP contribution in [0.5, 0.6) is 11.5 Å². The van der Waals surface area contributed by atoms with Crippen LogP contribution in [0.2, 0.25) is 0 Å². The summed E-state index contributed by atoms with van der Waals surface area (Å²) in [5.74, 6) is -0.879. The van der Waals surface area contributed by atoms with Crippen molar-refractivity contribution >= 4 is 23.2 Å². The van der Waals surface area contributed by atoms with Crippen molar-refractivity contribution in [2.24, 2.45) is 5.10 Å². The lowest BCUT2D eigenvalue weighted by Gasteiger charge is -2.08. The number of nitrogens with one attached hydrogen (secondary N) is 2. The Kier molecular flexibility index (Phi) is 6.12. The van der Waals surface area contributed by atoms with Crippen molar-refractivity contribution in [3.63, 3.8) is 0 Å². The predicted molar refractivity (Wildman–Crippen MR) is 115 cm³/mol. The molecule has 0 aliphatic heterocycles. The number of carbonyl (C=O) groups excluding carboxylic acids is 2. The molecule has 0 heterocycles. The molecule has 0 saturated heterocycles. The van der Waals surface area contributed by atoms with E-state index in [1.165, 1.54) is 18.2 Å². The molecule has 0 aliphatic carbocycles. The van der Waals surface area contributed by atoms with Crippen LogP contribution in [0, 0.1) is 6.92 Å². The van der Waals surface area contributed by atoms with Crippen LogP contribution in [0.25, 0.3) is 0 Å². The van der Waals surface area contributed by atoms with Crippen molar-refractivity contribution in [2.75, 3.05) is 5.32 Å². The van der Waals surface area contributed by atoms with E-state index in [1.54, 1.807) is 43.3 Å². The molecular formula is C23H21N3O4. The Hall–Kier alpha value is -4.13. The fourth-order valence-corrected chi connectivity index (χ4v) is 2.78. The summed E-state index contributed by atoms with van der Waals surface area (Å²) in [5, 5.41) is 26.0. The fraction of sp³-hybridized carbons (Fsp3) is 0.0870. The number of hydrogen-bond donors (Lipinski definition) is 4. The highest BCUT2D eigenvalue weighted by atomic mass is 16.3. The van der Waals surface area contributed by atoms with Gasteiger partial charge in [0.2, 0.25) is 0 Å². The standard InChI is InChI=1S/C23H21N3O4/c1-14-4-3-5-17(12-14)22(29)24-18-8-6-16(7-9-18)23(30)26-25-15(2)20-11-10-19(27)13-21(20)28/h3-13,27-28H,1-2H3,(H,24,29)(H,26,30)/b25-15+. The molecule has 0 spiro atoms. The van der Waals surface area contributed by atoms with Crippen LogP contribution in [0.3, 0.4) is 0 Å². The van der Waals surface area contributed by atoms with E-state index in [0.29, 0.717) is 28.1 Å². The van der Waals surface area contributed by atoms with E-state index in [2.05, 4.69) is 15.8 Å². The number of aryl methyl sites for hydroxylation is 1. The van der Waals surface area contributed by atoms with Gasteiger partial charge in [-0.2, -0.15) is 5.10 Å². The average Bonchev–Trinajstić information content (AvgIpc) is 2.72. The lowest BCUT2D eigenvalue weighted by molar-refractivity contribution is 0.0954. The number of hydrazone groups is 1. The summed E-state index contributed by atoms with van der Waals surface area (Å²) in [6.07, 6.45) is 0. The molecule has 0 unspecified atom stereocenters. The number of carbonyl (C=O) groups is 2. The third kappa shape index (κ3) is 5.02. The van der Waals surface area contributed by atoms with Crippen LogP contribution in [-0.4, -0.2) is 27.7 Å². The van der Waals surface area contributed by atoms with Gasteiger partial charge < -0.3 is 15.5 Å². The summed E-state index contributed by atoms with van der Waals surface area (Å²) < 4.78 is 0. The number of rotatable bonds is 5. The maximum absolute atomic E-state index is 12.3. The molecule has 152 valence electrons. The number of benzene rings is 3. The van der Waals surface area contributed by atoms with Crippen molar-refractivity contribution in [2.45, 2.75) is 13.8 Å². The first-order chi connectivity index (χ1) is 14.3. The molecule has 0 saturated carbocycles. The van der Waals surface area contributed by atoms with Gasteiger partial charge in [-0.3, -0.25) is 9.59 Å². The third-order valence-electron chi connectivity index (χ3n) is 4.38. The molecule has 0 radical (unpaired) electrons. The summed E-state index contributed by atoms with van der Waals surface area (Å²) >= 11 is 0. The largest absolute Gasteiger partial charge is 0.508 e. The smallest absolute Gasteiger partial charge is 0.271 e. The van der Waals surface area contributed by atoms with Gasteiger partial charge in [0.15, 0.2) is 0 Å². The highest BCUT2D eigenvalue weighted by molar-refractivity contribution is 6.05. The molecule has 3 aromatic rings. The highest BCUT2D eigenvalue weighted by Gasteiger charge is 2.10. The van der Waals surface area contributed by atoms with Gasteiger partial charge in [0.05, 0.1) is 5.71 Å². The molecule has 7 heteroatoms. The van der Waals surface area contributed by atoms with Crippen molar-refractivity contribution in [1.29, 1.82) is 0 Å². The summed E-state index contributed by atoms with van der Waals surface area (Å²) in [7, 11) is 0. The third-order valence-corrected chi connectivity index (χ3v) is 4.38. The Morgan fingerprint density at radius 1 is 0.867 bits per heavy atom. The lowest BCUT2D eigenvalue weighted by atomic mass is 10.1. The summed E-state index contributed by atoms with van der Waals surface area (Å²) in [6.45, 7) is 3.54. The zero-order valence-corrected chi connectivity index (χ0v) is 16.5. The number of aromatic hydroxyl groups is 2. The predicted octanol–water partition coefficient (Wildman–Crippen LogP) is 3.81. The molecule has 7 nitrogen and oxygen atoms in total. The quantitative estimate of drug-likeness (QED) is 0.383. The number of nitrogens with zero attached hydrogens (tertiary/aromatic N) is 1. The van der Waals surface area contributed by atoms with E-state index >= 15 is 0 Å². The minimum Gasteiger partial charge on any atom is -0.508 e. The first-order valence-corrected chi connectivity index (χ1v) is 9.18. The van der Waals surface area contributed by atoms with Crippen molar-refractivity contribution in [3.05, 3.63) is 89.0 Å². The van der Waals surface area contributed by atoms with Gasteiger partial charge in [0, 0.05) is 28.4 Å². The highest BCUT2D eigenvalue weighted by Crippen LogP contribution is 2.23. The van der Waals surface area contributed by atoms with Crippen LogP contribution < -0.4 is 10.7 Å². The summed E-state index contributed by atoms with van der Waals surface area (Å²) in [5.41, 5.74) is 5.65. The first-order valence-electron chi connectivity index (χ1n) is 9.18. The zero-order chi connectivity index (χ0) is 21.7. The monoisotopic (exact) mass is 403 g/mol. The van der Waals surface area contributed by atoms with E-state index in [0.717, 1.165) is 5.56 Å². The van der Waals surface area contributed by atoms with Crippen LogP contribution >= 0.6 is 0 Å². The molecule has 0 bridgehead atoms. The van der Waals surface area contributed by atoms with Crippen LogP contribution in [0.4, 0.5) is 5.69 Å². The molecule has 0 aliphatic rings. The number of phenolic OH excluding ortho intramolecular Hbond substituents is 2. The minimum atomic E-state index is -0.441. The van der Waals surface area contributed by atoms with Crippen molar-refractivity contribution < 1.29 is 19.8 Å². The Morgan fingerprint density at radius 3 is 2.27 bits per heavy atom. The number of phenols is 2. The molecule has 2 amide bonds. The molecule has 0 fully saturated rings. The SMILES string of the molecule is C/C(=N\NC(=O)c1ccc(NC(=O)c2cccc(C)c2)cc1)c1ccc(O)cc1O. The maximum Gasteiger partial charge on any atom is 0.271 e. The van der Waals surface area contributed by atoms with Gasteiger partial charge >= 0.3 is 0 Å². The Balaban J connectivity index is 1.64. The summed E-state index contributed by atoms with van der Waals surface area (Å²) in [6, 6.07) is 17.8. The molecule has 0 atom stereocenters. The Labute approximate surface area is 173 Å². The van der Waals surface area contributed by atoms with Gasteiger partial charge in [-0.05, 0) is 62.4 Å². The molecule has 3 aromatic carbocycles. The van der Waals surface area contributed by atoms with E-state index in [9.17, 15) is 19.8 Å². The molecule has 4 N–H and O–H groups in total. The van der Waals surface area contributed by atoms with Crippen molar-refractivity contribution in [3.8, 4) is 11.5 Å². The molecular weight excluding hydrogens is 382 g/mol. The average molecular weight is 403 g/mol. The molecule has 30 heavy (non-hydrogen) atoms. The lowest BCUT2D eigenvalue weighted by Crippen LogP contribution is -2.19. The zero-order valence-electron chi connectivity index (χ0n) is 16.5. The van der Waals surface area contributed by atoms with E-state index in [1.807, 2.05) is 19.1 Å². The van der Waals surface area contributed by atoms with E-state index in [-0.39, 0.29) is 17.4 Å².